The van der Waals surface area contributed by atoms with E-state index in [1.807, 2.05) is 0 Å². The van der Waals surface area contributed by atoms with Crippen LogP contribution in [0.25, 0.3) is 0 Å². The first-order valence-electron chi connectivity index (χ1n) is 5.95. The van der Waals surface area contributed by atoms with Gasteiger partial charge in [-0.2, -0.15) is 0 Å². The predicted octanol–water partition coefficient (Wildman–Crippen LogP) is -0.669. The molecule has 0 aromatic carbocycles. The fraction of sp³-hybridized carbons (Fsp3) is 0.909. The molecule has 0 aliphatic carbocycles. The number of aliphatic hydroxyl groups excluding tert-OH is 2. The van der Waals surface area contributed by atoms with Gasteiger partial charge in [0.05, 0.1) is 24.5 Å². The Labute approximate surface area is 106 Å². The second-order valence-corrected chi connectivity index (χ2v) is 5.97. The van der Waals surface area contributed by atoms with Crippen molar-refractivity contribution in [1.29, 1.82) is 0 Å². The zero-order chi connectivity index (χ0) is 12.7. The zero-order valence-electron chi connectivity index (χ0n) is 10.2. The fourth-order valence-corrected chi connectivity index (χ4v) is 2.69. The largest absolute Gasteiger partial charge is 0.394 e. The van der Waals surface area contributed by atoms with Crippen LogP contribution in [0.2, 0.25) is 0 Å². The van der Waals surface area contributed by atoms with Crippen molar-refractivity contribution in [3.05, 3.63) is 0 Å². The minimum atomic E-state index is -0.911. The molecule has 0 aromatic heterocycles. The van der Waals surface area contributed by atoms with Gasteiger partial charge in [-0.05, 0) is 32.9 Å². The van der Waals surface area contributed by atoms with E-state index < -0.39 is 5.54 Å². The van der Waals surface area contributed by atoms with Crippen LogP contribution in [0.1, 0.15) is 19.8 Å². The van der Waals surface area contributed by atoms with Crippen LogP contribution in [-0.4, -0.2) is 59.0 Å². The van der Waals surface area contributed by atoms with Gasteiger partial charge in [-0.1, -0.05) is 0 Å². The predicted molar refractivity (Wildman–Crippen MR) is 69.1 cm³/mol. The van der Waals surface area contributed by atoms with E-state index in [0.717, 1.165) is 25.9 Å². The molecular weight excluding hydrogens is 240 g/mol. The molecule has 1 heterocycles. The number of nitrogens with one attached hydrogen (secondary N) is 2. The molecule has 100 valence electrons. The highest BCUT2D eigenvalue weighted by Crippen LogP contribution is 2.19. The second-order valence-electron chi connectivity index (χ2n) is 4.69. The van der Waals surface area contributed by atoms with Gasteiger partial charge in [0.2, 0.25) is 5.91 Å². The van der Waals surface area contributed by atoms with Gasteiger partial charge in [0.25, 0.3) is 0 Å². The van der Waals surface area contributed by atoms with Crippen LogP contribution < -0.4 is 10.6 Å². The van der Waals surface area contributed by atoms with E-state index in [4.69, 9.17) is 10.2 Å². The van der Waals surface area contributed by atoms with Gasteiger partial charge in [0.15, 0.2) is 0 Å². The van der Waals surface area contributed by atoms with Crippen LogP contribution >= 0.6 is 11.8 Å². The van der Waals surface area contributed by atoms with Crippen molar-refractivity contribution in [2.75, 3.05) is 32.1 Å². The smallest absolute Gasteiger partial charge is 0.230 e. The Morgan fingerprint density at radius 2 is 2.00 bits per heavy atom. The summed E-state index contributed by atoms with van der Waals surface area (Å²) >= 11 is 1.65. The number of thioether (sulfide) groups is 1. The molecule has 1 fully saturated rings. The minimum Gasteiger partial charge on any atom is -0.394 e. The number of piperidine rings is 1. The van der Waals surface area contributed by atoms with Crippen LogP contribution in [0.15, 0.2) is 0 Å². The molecule has 0 radical (unpaired) electrons. The lowest BCUT2D eigenvalue weighted by molar-refractivity contribution is -0.121. The first-order chi connectivity index (χ1) is 8.09. The van der Waals surface area contributed by atoms with Crippen molar-refractivity contribution in [2.45, 2.75) is 30.6 Å². The summed E-state index contributed by atoms with van der Waals surface area (Å²) in [6.45, 7) is 3.15. The summed E-state index contributed by atoms with van der Waals surface area (Å²) < 4.78 is 0. The highest BCUT2D eigenvalue weighted by atomic mass is 32.2. The average molecular weight is 262 g/mol. The fourth-order valence-electron chi connectivity index (χ4n) is 1.66. The van der Waals surface area contributed by atoms with Crippen LogP contribution in [0.4, 0.5) is 0 Å². The zero-order valence-corrected chi connectivity index (χ0v) is 11.1. The SMILES string of the molecule is CC(CO)(CO)NC(=O)CSC1CCNCC1. The summed E-state index contributed by atoms with van der Waals surface area (Å²) in [5.74, 6) is 0.263. The Balaban J connectivity index is 2.24. The highest BCUT2D eigenvalue weighted by molar-refractivity contribution is 8.00. The summed E-state index contributed by atoms with van der Waals surface area (Å²) in [6, 6.07) is 0. The van der Waals surface area contributed by atoms with E-state index in [9.17, 15) is 4.79 Å². The maximum absolute atomic E-state index is 11.6. The number of carbonyl (C=O) groups excluding carboxylic acids is 1. The molecule has 0 unspecified atom stereocenters. The van der Waals surface area contributed by atoms with Crippen molar-refractivity contribution in [2.24, 2.45) is 0 Å². The quantitative estimate of drug-likeness (QED) is 0.510. The van der Waals surface area contributed by atoms with E-state index in [1.165, 1.54) is 0 Å². The maximum Gasteiger partial charge on any atom is 0.230 e. The highest BCUT2D eigenvalue weighted by Gasteiger charge is 2.25. The van der Waals surface area contributed by atoms with Gasteiger partial charge in [0.1, 0.15) is 0 Å². The van der Waals surface area contributed by atoms with E-state index >= 15 is 0 Å². The summed E-state index contributed by atoms with van der Waals surface area (Å²) in [5, 5.41) is 24.6. The van der Waals surface area contributed by atoms with Crippen molar-refractivity contribution >= 4 is 17.7 Å². The molecule has 1 aliphatic heterocycles. The Hall–Kier alpha value is -0.300. The third-order valence-electron chi connectivity index (χ3n) is 2.88. The normalized spacial score (nSPS) is 18.1. The molecule has 0 atom stereocenters. The standard InChI is InChI=1S/C11H22N2O3S/c1-11(7-14,8-15)13-10(16)6-17-9-2-4-12-5-3-9/h9,12,14-15H,2-8H2,1H3,(H,13,16). The molecule has 1 aliphatic rings. The topological polar surface area (TPSA) is 81.6 Å². The van der Waals surface area contributed by atoms with Crippen LogP contribution in [0.5, 0.6) is 0 Å². The Morgan fingerprint density at radius 1 is 1.41 bits per heavy atom. The molecule has 4 N–H and O–H groups in total. The number of hydrogen-bond acceptors (Lipinski definition) is 5. The number of aliphatic hydroxyl groups is 2. The maximum atomic E-state index is 11.6. The number of rotatable bonds is 6. The number of carbonyl (C=O) groups is 1. The lowest BCUT2D eigenvalue weighted by Gasteiger charge is -2.27. The molecule has 1 saturated heterocycles. The van der Waals surface area contributed by atoms with Crippen LogP contribution in [0, 0.1) is 0 Å². The van der Waals surface area contributed by atoms with E-state index in [0.29, 0.717) is 11.0 Å². The van der Waals surface area contributed by atoms with Gasteiger partial charge in [-0.15, -0.1) is 11.8 Å². The molecule has 6 heteroatoms. The van der Waals surface area contributed by atoms with Crippen molar-refractivity contribution in [3.8, 4) is 0 Å². The van der Waals surface area contributed by atoms with Gasteiger partial charge < -0.3 is 20.8 Å². The van der Waals surface area contributed by atoms with Crippen LogP contribution in [-0.2, 0) is 4.79 Å². The van der Waals surface area contributed by atoms with E-state index in [2.05, 4.69) is 10.6 Å². The van der Waals surface area contributed by atoms with Gasteiger partial charge in [0, 0.05) is 5.25 Å². The minimum absolute atomic E-state index is 0.126. The molecule has 1 rings (SSSR count). The second kappa shape index (κ2) is 7.20. The first-order valence-corrected chi connectivity index (χ1v) is 6.99. The molecule has 5 nitrogen and oxygen atoms in total. The molecule has 0 bridgehead atoms. The van der Waals surface area contributed by atoms with Gasteiger partial charge in [-0.25, -0.2) is 0 Å². The molecule has 1 amide bonds. The summed E-state index contributed by atoms with van der Waals surface area (Å²) in [7, 11) is 0. The molecule has 0 aromatic rings. The Kier molecular flexibility index (Phi) is 6.26. The molecular formula is C11H22N2O3S. The van der Waals surface area contributed by atoms with Crippen molar-refractivity contribution < 1.29 is 15.0 Å². The van der Waals surface area contributed by atoms with Gasteiger partial charge >= 0.3 is 0 Å². The Bertz CT molecular complexity index is 241. The third kappa shape index (κ3) is 5.25. The summed E-state index contributed by atoms with van der Waals surface area (Å²) in [6.07, 6.45) is 2.18. The van der Waals surface area contributed by atoms with Crippen LogP contribution in [0.3, 0.4) is 0 Å². The lowest BCUT2D eigenvalue weighted by Crippen LogP contribution is -2.52. The average Bonchev–Trinajstić information content (AvgIpc) is 2.37. The van der Waals surface area contributed by atoms with E-state index in [1.54, 1.807) is 18.7 Å². The molecule has 17 heavy (non-hydrogen) atoms. The monoisotopic (exact) mass is 262 g/mol. The third-order valence-corrected chi connectivity index (χ3v) is 4.25. The van der Waals surface area contributed by atoms with Gasteiger partial charge in [-0.3, -0.25) is 4.79 Å². The lowest BCUT2D eigenvalue weighted by atomic mass is 10.1. The Morgan fingerprint density at radius 3 is 2.53 bits per heavy atom. The first kappa shape index (κ1) is 14.8. The van der Waals surface area contributed by atoms with E-state index in [-0.39, 0.29) is 19.1 Å². The number of hydrogen-bond donors (Lipinski definition) is 4. The molecule has 0 saturated carbocycles. The number of amides is 1. The molecule has 0 spiro atoms. The van der Waals surface area contributed by atoms with Crippen molar-refractivity contribution in [3.63, 3.8) is 0 Å². The summed E-state index contributed by atoms with van der Waals surface area (Å²) in [5.41, 5.74) is -0.911. The summed E-state index contributed by atoms with van der Waals surface area (Å²) in [4.78, 5) is 11.6. The van der Waals surface area contributed by atoms with Crippen molar-refractivity contribution in [1.82, 2.24) is 10.6 Å².